The van der Waals surface area contributed by atoms with Gasteiger partial charge in [-0.3, -0.25) is 0 Å². The van der Waals surface area contributed by atoms with Gasteiger partial charge in [0.15, 0.2) is 5.69 Å². The van der Waals surface area contributed by atoms with E-state index in [-0.39, 0.29) is 6.10 Å². The Morgan fingerprint density at radius 2 is 2.22 bits per heavy atom. The molecule has 2 aromatic heterocycles. The molecule has 23 heavy (non-hydrogen) atoms. The molecule has 118 valence electrons. The van der Waals surface area contributed by atoms with E-state index in [0.717, 1.165) is 31.1 Å². The van der Waals surface area contributed by atoms with Crippen molar-refractivity contribution in [2.45, 2.75) is 19.6 Å². The van der Waals surface area contributed by atoms with Crippen molar-refractivity contribution < 1.29 is 4.74 Å². The Balaban J connectivity index is 1.57. The molecule has 1 unspecified atom stereocenters. The van der Waals surface area contributed by atoms with Gasteiger partial charge in [0.25, 0.3) is 0 Å². The number of hydrogen-bond acceptors (Lipinski definition) is 7. The predicted octanol–water partition coefficient (Wildman–Crippen LogP) is 1.58. The lowest BCUT2D eigenvalue weighted by Crippen LogP contribution is -2.41. The van der Waals surface area contributed by atoms with Crippen LogP contribution in [0.5, 0.6) is 0 Å². The first-order valence-electron chi connectivity index (χ1n) is 7.52. The smallest absolute Gasteiger partial charge is 0.158 e. The lowest BCUT2D eigenvalue weighted by molar-refractivity contribution is 0.0529. The quantitative estimate of drug-likeness (QED) is 0.917. The number of nitrogens with zero attached hydrogens (tertiary/aromatic N) is 5. The number of aromatic nitrogens is 3. The molecule has 7 heteroatoms. The van der Waals surface area contributed by atoms with Gasteiger partial charge in [0.2, 0.25) is 0 Å². The summed E-state index contributed by atoms with van der Waals surface area (Å²) in [5.74, 6) is 1.61. The Labute approximate surface area is 135 Å². The summed E-state index contributed by atoms with van der Waals surface area (Å²) >= 11 is 0. The molecule has 0 aromatic carbocycles. The van der Waals surface area contributed by atoms with Crippen LogP contribution in [0.4, 0.5) is 11.6 Å². The number of hydrogen-bond donors (Lipinski definition) is 1. The van der Waals surface area contributed by atoms with Gasteiger partial charge in [-0.1, -0.05) is 6.07 Å². The molecule has 1 aliphatic rings. The molecule has 0 saturated carbocycles. The van der Waals surface area contributed by atoms with Crippen molar-refractivity contribution in [3.63, 3.8) is 0 Å². The maximum absolute atomic E-state index is 8.69. The van der Waals surface area contributed by atoms with Crippen LogP contribution >= 0.6 is 0 Å². The van der Waals surface area contributed by atoms with Crippen LogP contribution in [0.1, 0.15) is 18.2 Å². The van der Waals surface area contributed by atoms with Crippen LogP contribution in [0.3, 0.4) is 0 Å². The van der Waals surface area contributed by atoms with E-state index in [0.29, 0.717) is 18.1 Å². The summed E-state index contributed by atoms with van der Waals surface area (Å²) in [6, 6.07) is 6.02. The Bertz CT molecular complexity index is 679. The molecule has 0 aliphatic carbocycles. The third kappa shape index (κ3) is 3.93. The first-order chi connectivity index (χ1) is 11.2. The first kappa shape index (κ1) is 15.2. The highest BCUT2D eigenvalue weighted by Gasteiger charge is 2.17. The lowest BCUT2D eigenvalue weighted by Gasteiger charge is -2.32. The van der Waals surface area contributed by atoms with E-state index in [1.807, 2.05) is 24.4 Å². The number of morpholine rings is 1. The molecule has 3 heterocycles. The van der Waals surface area contributed by atoms with Crippen LogP contribution in [0, 0.1) is 11.3 Å². The van der Waals surface area contributed by atoms with Gasteiger partial charge in [0, 0.05) is 25.8 Å². The molecule has 1 fully saturated rings. The average Bonchev–Trinajstić information content (AvgIpc) is 2.61. The average molecular weight is 310 g/mol. The first-order valence-corrected chi connectivity index (χ1v) is 7.52. The van der Waals surface area contributed by atoms with Crippen LogP contribution in [-0.4, -0.2) is 40.8 Å². The van der Waals surface area contributed by atoms with E-state index in [4.69, 9.17) is 10.00 Å². The molecule has 7 nitrogen and oxygen atoms in total. The molecular weight excluding hydrogens is 292 g/mol. The highest BCUT2D eigenvalue weighted by atomic mass is 16.5. The maximum Gasteiger partial charge on any atom is 0.158 e. The highest BCUT2D eigenvalue weighted by Crippen LogP contribution is 2.15. The summed E-state index contributed by atoms with van der Waals surface area (Å²) in [7, 11) is 0. The molecule has 3 rings (SSSR count). The Morgan fingerprint density at radius 3 is 2.87 bits per heavy atom. The summed E-state index contributed by atoms with van der Waals surface area (Å²) in [6.45, 7) is 5.15. The molecule has 1 saturated heterocycles. The molecule has 1 N–H and O–H groups in total. The number of rotatable bonds is 4. The second-order valence-corrected chi connectivity index (χ2v) is 5.40. The van der Waals surface area contributed by atoms with Crippen LogP contribution in [0.25, 0.3) is 0 Å². The molecule has 0 spiro atoms. The summed E-state index contributed by atoms with van der Waals surface area (Å²) in [6.07, 6.45) is 5.10. The van der Waals surface area contributed by atoms with Crippen molar-refractivity contribution in [1.82, 2.24) is 15.0 Å². The van der Waals surface area contributed by atoms with E-state index in [9.17, 15) is 0 Å². The maximum atomic E-state index is 8.69. The van der Waals surface area contributed by atoms with Gasteiger partial charge in [-0.25, -0.2) is 15.0 Å². The molecule has 2 aromatic rings. The van der Waals surface area contributed by atoms with Gasteiger partial charge < -0.3 is 15.0 Å². The van der Waals surface area contributed by atoms with Crippen molar-refractivity contribution in [2.75, 3.05) is 29.9 Å². The van der Waals surface area contributed by atoms with E-state index in [1.165, 1.54) is 6.20 Å². The van der Waals surface area contributed by atoms with Crippen LogP contribution < -0.4 is 10.2 Å². The van der Waals surface area contributed by atoms with Crippen LogP contribution in [-0.2, 0) is 11.3 Å². The molecule has 1 atom stereocenters. The number of nitrogens with one attached hydrogen (secondary N) is 1. The van der Waals surface area contributed by atoms with Gasteiger partial charge in [0.05, 0.1) is 25.1 Å². The molecule has 1 aliphatic heterocycles. The molecule has 0 radical (unpaired) electrons. The van der Waals surface area contributed by atoms with Crippen LogP contribution in [0.2, 0.25) is 0 Å². The number of pyridine rings is 1. The minimum Gasteiger partial charge on any atom is -0.375 e. The number of nitriles is 1. The Kier molecular flexibility index (Phi) is 4.64. The fourth-order valence-electron chi connectivity index (χ4n) is 2.40. The molecule has 0 amide bonds. The van der Waals surface area contributed by atoms with Gasteiger partial charge in [-0.05, 0) is 18.6 Å². The van der Waals surface area contributed by atoms with Crippen molar-refractivity contribution in [3.05, 3.63) is 42.0 Å². The van der Waals surface area contributed by atoms with Crippen molar-refractivity contribution >= 4 is 11.6 Å². The fraction of sp³-hybridized carbons (Fsp3) is 0.375. The minimum atomic E-state index is 0.238. The van der Waals surface area contributed by atoms with E-state index in [2.05, 4.69) is 32.1 Å². The zero-order valence-electron chi connectivity index (χ0n) is 12.9. The van der Waals surface area contributed by atoms with Crippen molar-refractivity contribution in [1.29, 1.82) is 5.26 Å². The topological polar surface area (TPSA) is 87.0 Å². The van der Waals surface area contributed by atoms with E-state index >= 15 is 0 Å². The zero-order valence-corrected chi connectivity index (χ0v) is 12.9. The summed E-state index contributed by atoms with van der Waals surface area (Å²) in [5, 5.41) is 11.9. The monoisotopic (exact) mass is 310 g/mol. The zero-order chi connectivity index (χ0) is 16.1. The SMILES string of the molecule is CC1CN(c2ccc(CNc3cnc(C#N)cn3)cn2)CCO1. The summed E-state index contributed by atoms with van der Waals surface area (Å²) in [4.78, 5) is 14.9. The highest BCUT2D eigenvalue weighted by molar-refractivity contribution is 5.41. The minimum absolute atomic E-state index is 0.238. The third-order valence-corrected chi connectivity index (χ3v) is 3.61. The fourth-order valence-corrected chi connectivity index (χ4v) is 2.40. The second kappa shape index (κ2) is 7.03. The van der Waals surface area contributed by atoms with E-state index in [1.54, 1.807) is 6.20 Å². The second-order valence-electron chi connectivity index (χ2n) is 5.40. The van der Waals surface area contributed by atoms with Crippen LogP contribution in [0.15, 0.2) is 30.7 Å². The number of ether oxygens (including phenoxy) is 1. The van der Waals surface area contributed by atoms with Gasteiger partial charge in [-0.2, -0.15) is 5.26 Å². The summed E-state index contributed by atoms with van der Waals surface area (Å²) in [5.41, 5.74) is 1.36. The normalized spacial score (nSPS) is 17.6. The standard InChI is InChI=1S/C16H18N6O/c1-12-11-22(4-5-23-12)16-3-2-13(8-21-16)7-19-15-10-18-14(6-17)9-20-15/h2-3,8-10,12H,4-5,7,11H2,1H3,(H,19,20). The molecular formula is C16H18N6O. The van der Waals surface area contributed by atoms with Crippen molar-refractivity contribution in [2.24, 2.45) is 0 Å². The van der Waals surface area contributed by atoms with E-state index < -0.39 is 0 Å². The lowest BCUT2D eigenvalue weighted by atomic mass is 10.2. The van der Waals surface area contributed by atoms with Gasteiger partial charge >= 0.3 is 0 Å². The van der Waals surface area contributed by atoms with Gasteiger partial charge in [0.1, 0.15) is 17.7 Å². The predicted molar refractivity (Wildman–Crippen MR) is 85.9 cm³/mol. The third-order valence-electron chi connectivity index (χ3n) is 3.61. The number of anilines is 2. The Morgan fingerprint density at radius 1 is 1.30 bits per heavy atom. The molecule has 0 bridgehead atoms. The summed E-state index contributed by atoms with van der Waals surface area (Å²) < 4.78 is 5.54. The van der Waals surface area contributed by atoms with Crippen molar-refractivity contribution in [3.8, 4) is 6.07 Å². The Hall–Kier alpha value is -2.72. The van der Waals surface area contributed by atoms with Gasteiger partial charge in [-0.15, -0.1) is 0 Å². The largest absolute Gasteiger partial charge is 0.375 e.